The van der Waals surface area contributed by atoms with Gasteiger partial charge in [0.1, 0.15) is 6.61 Å². The SMILES string of the molecule is CC(NC(=O)COCCCCCN1CCC(NC=O)CC1)C(C)(C)C. The molecule has 1 fully saturated rings. The molecular formula is C19H37N3O3. The first-order valence-corrected chi connectivity index (χ1v) is 9.62. The maximum Gasteiger partial charge on any atom is 0.246 e. The zero-order valence-corrected chi connectivity index (χ0v) is 16.5. The minimum absolute atomic E-state index is 0.0331. The first-order valence-electron chi connectivity index (χ1n) is 9.62. The molecule has 0 bridgehead atoms. The van der Waals surface area contributed by atoms with E-state index in [2.05, 4.69) is 36.3 Å². The number of piperidine rings is 1. The van der Waals surface area contributed by atoms with Crippen molar-refractivity contribution in [1.82, 2.24) is 15.5 Å². The van der Waals surface area contributed by atoms with Gasteiger partial charge in [-0.15, -0.1) is 0 Å². The van der Waals surface area contributed by atoms with Crippen molar-refractivity contribution in [2.24, 2.45) is 5.41 Å². The minimum Gasteiger partial charge on any atom is -0.372 e. The maximum atomic E-state index is 11.8. The molecule has 1 rings (SSSR count). The number of unbranched alkanes of at least 4 members (excludes halogenated alkanes) is 2. The molecule has 0 aromatic heterocycles. The van der Waals surface area contributed by atoms with Gasteiger partial charge in [0.15, 0.2) is 0 Å². The van der Waals surface area contributed by atoms with Crippen molar-refractivity contribution in [1.29, 1.82) is 0 Å². The highest BCUT2D eigenvalue weighted by atomic mass is 16.5. The summed E-state index contributed by atoms with van der Waals surface area (Å²) in [6.45, 7) is 12.4. The Balaban J connectivity index is 1.95. The number of ether oxygens (including phenoxy) is 1. The van der Waals surface area contributed by atoms with Gasteiger partial charge >= 0.3 is 0 Å². The number of likely N-dealkylation sites (tertiary alicyclic amines) is 1. The second-order valence-corrected chi connectivity index (χ2v) is 8.17. The smallest absolute Gasteiger partial charge is 0.246 e. The molecule has 25 heavy (non-hydrogen) atoms. The number of nitrogens with one attached hydrogen (secondary N) is 2. The van der Waals surface area contributed by atoms with Gasteiger partial charge in [-0.1, -0.05) is 20.8 Å². The summed E-state index contributed by atoms with van der Waals surface area (Å²) in [5.74, 6) is -0.0331. The maximum absolute atomic E-state index is 11.8. The van der Waals surface area contributed by atoms with Crippen LogP contribution in [0.5, 0.6) is 0 Å². The molecule has 1 aliphatic rings. The Labute approximate surface area is 153 Å². The van der Waals surface area contributed by atoms with Crippen LogP contribution in [-0.4, -0.2) is 62.1 Å². The third-order valence-electron chi connectivity index (χ3n) is 5.06. The second-order valence-electron chi connectivity index (χ2n) is 8.17. The number of carbonyl (C=O) groups excluding carboxylic acids is 2. The van der Waals surface area contributed by atoms with Crippen molar-refractivity contribution in [3.63, 3.8) is 0 Å². The minimum atomic E-state index is -0.0331. The van der Waals surface area contributed by atoms with Crippen molar-refractivity contribution in [2.45, 2.75) is 71.9 Å². The lowest BCUT2D eigenvalue weighted by Gasteiger charge is -2.31. The third-order valence-corrected chi connectivity index (χ3v) is 5.06. The molecule has 1 aliphatic heterocycles. The summed E-state index contributed by atoms with van der Waals surface area (Å²) in [5, 5.41) is 5.85. The van der Waals surface area contributed by atoms with Crippen LogP contribution in [0.3, 0.4) is 0 Å². The molecule has 1 atom stereocenters. The monoisotopic (exact) mass is 355 g/mol. The van der Waals surface area contributed by atoms with E-state index in [4.69, 9.17) is 4.74 Å². The Morgan fingerprint density at radius 1 is 1.24 bits per heavy atom. The Morgan fingerprint density at radius 3 is 2.52 bits per heavy atom. The molecule has 6 heteroatoms. The van der Waals surface area contributed by atoms with Gasteiger partial charge in [0.25, 0.3) is 0 Å². The summed E-state index contributed by atoms with van der Waals surface area (Å²) in [7, 11) is 0. The van der Waals surface area contributed by atoms with Crippen molar-refractivity contribution < 1.29 is 14.3 Å². The van der Waals surface area contributed by atoms with Crippen molar-refractivity contribution in [2.75, 3.05) is 32.8 Å². The van der Waals surface area contributed by atoms with E-state index in [1.165, 1.54) is 0 Å². The average Bonchev–Trinajstić information content (AvgIpc) is 2.55. The highest BCUT2D eigenvalue weighted by Gasteiger charge is 2.21. The molecular weight excluding hydrogens is 318 g/mol. The Bertz CT molecular complexity index is 388. The van der Waals surface area contributed by atoms with E-state index >= 15 is 0 Å². The molecule has 1 heterocycles. The summed E-state index contributed by atoms with van der Waals surface area (Å²) in [5.41, 5.74) is 0.0629. The summed E-state index contributed by atoms with van der Waals surface area (Å²) >= 11 is 0. The first-order chi connectivity index (χ1) is 11.8. The van der Waals surface area contributed by atoms with E-state index in [0.29, 0.717) is 12.6 Å². The molecule has 0 aromatic carbocycles. The predicted octanol–water partition coefficient (Wildman–Crippen LogP) is 1.93. The van der Waals surface area contributed by atoms with Gasteiger partial charge in [0, 0.05) is 31.8 Å². The molecule has 2 N–H and O–H groups in total. The quantitative estimate of drug-likeness (QED) is 0.439. The van der Waals surface area contributed by atoms with Gasteiger partial charge in [-0.2, -0.15) is 0 Å². The fraction of sp³-hybridized carbons (Fsp3) is 0.895. The summed E-state index contributed by atoms with van der Waals surface area (Å²) in [6.07, 6.45) is 6.17. The van der Waals surface area contributed by atoms with Crippen LogP contribution in [0.15, 0.2) is 0 Å². The van der Waals surface area contributed by atoms with Gasteiger partial charge in [-0.25, -0.2) is 0 Å². The van der Waals surface area contributed by atoms with Gasteiger partial charge in [-0.05, 0) is 51.0 Å². The van der Waals surface area contributed by atoms with Crippen LogP contribution < -0.4 is 10.6 Å². The summed E-state index contributed by atoms with van der Waals surface area (Å²) in [6, 6.07) is 0.490. The fourth-order valence-electron chi connectivity index (χ4n) is 2.80. The number of nitrogens with zero attached hydrogens (tertiary/aromatic N) is 1. The number of carbonyl (C=O) groups is 2. The van der Waals surface area contributed by atoms with Gasteiger partial charge in [-0.3, -0.25) is 9.59 Å². The van der Waals surface area contributed by atoms with Crippen molar-refractivity contribution in [3.05, 3.63) is 0 Å². The van der Waals surface area contributed by atoms with Gasteiger partial charge < -0.3 is 20.3 Å². The summed E-state index contributed by atoms with van der Waals surface area (Å²) in [4.78, 5) is 24.7. The van der Waals surface area contributed by atoms with E-state index in [9.17, 15) is 9.59 Å². The van der Waals surface area contributed by atoms with E-state index in [1.807, 2.05) is 6.92 Å². The Hall–Kier alpha value is -1.14. The van der Waals surface area contributed by atoms with E-state index in [0.717, 1.165) is 58.1 Å². The summed E-state index contributed by atoms with van der Waals surface area (Å²) < 4.78 is 5.48. The Morgan fingerprint density at radius 2 is 1.92 bits per heavy atom. The zero-order chi connectivity index (χ0) is 18.7. The number of hydrogen-bond acceptors (Lipinski definition) is 4. The second kappa shape index (κ2) is 11.5. The standard InChI is InChI=1S/C19H37N3O3/c1-16(19(2,3)4)21-18(24)14-25-13-7-5-6-10-22-11-8-17(9-12-22)20-15-23/h15-17H,5-14H2,1-4H3,(H,20,23)(H,21,24). The van der Waals surface area contributed by atoms with Crippen LogP contribution in [0.25, 0.3) is 0 Å². The fourth-order valence-corrected chi connectivity index (χ4v) is 2.80. The molecule has 0 aromatic rings. The molecule has 1 saturated heterocycles. The molecule has 0 saturated carbocycles. The molecule has 146 valence electrons. The predicted molar refractivity (Wildman–Crippen MR) is 100 cm³/mol. The van der Waals surface area contributed by atoms with Crippen LogP contribution in [0.4, 0.5) is 0 Å². The number of rotatable bonds is 11. The lowest BCUT2D eigenvalue weighted by Crippen LogP contribution is -2.43. The van der Waals surface area contributed by atoms with Crippen LogP contribution >= 0.6 is 0 Å². The average molecular weight is 356 g/mol. The van der Waals surface area contributed by atoms with Gasteiger partial charge in [0.05, 0.1) is 0 Å². The number of hydrogen-bond donors (Lipinski definition) is 2. The lowest BCUT2D eigenvalue weighted by molar-refractivity contribution is -0.127. The van der Waals surface area contributed by atoms with Crippen molar-refractivity contribution in [3.8, 4) is 0 Å². The molecule has 1 unspecified atom stereocenters. The molecule has 2 amide bonds. The van der Waals surface area contributed by atoms with Crippen LogP contribution in [0.2, 0.25) is 0 Å². The lowest BCUT2D eigenvalue weighted by atomic mass is 9.88. The topological polar surface area (TPSA) is 70.7 Å². The van der Waals surface area contributed by atoms with E-state index in [-0.39, 0.29) is 24.0 Å². The number of amides is 2. The largest absolute Gasteiger partial charge is 0.372 e. The van der Waals surface area contributed by atoms with Crippen LogP contribution in [0, 0.1) is 5.41 Å². The van der Waals surface area contributed by atoms with Crippen LogP contribution in [-0.2, 0) is 14.3 Å². The molecule has 0 aliphatic carbocycles. The van der Waals surface area contributed by atoms with Crippen LogP contribution in [0.1, 0.15) is 59.8 Å². The van der Waals surface area contributed by atoms with E-state index < -0.39 is 0 Å². The van der Waals surface area contributed by atoms with E-state index in [1.54, 1.807) is 0 Å². The normalized spacial score (nSPS) is 17.9. The highest BCUT2D eigenvalue weighted by molar-refractivity contribution is 5.77. The van der Waals surface area contributed by atoms with Crippen molar-refractivity contribution >= 4 is 12.3 Å². The third kappa shape index (κ3) is 9.80. The molecule has 0 radical (unpaired) electrons. The van der Waals surface area contributed by atoms with Gasteiger partial charge in [0.2, 0.25) is 12.3 Å². The first kappa shape index (κ1) is 21.9. The molecule has 0 spiro atoms. The highest BCUT2D eigenvalue weighted by Crippen LogP contribution is 2.18. The zero-order valence-electron chi connectivity index (χ0n) is 16.5. The molecule has 6 nitrogen and oxygen atoms in total. The Kier molecular flexibility index (Phi) is 10.0.